The van der Waals surface area contributed by atoms with E-state index < -0.39 is 17.9 Å². The molecule has 0 aromatic carbocycles. The molecule has 28 heavy (non-hydrogen) atoms. The highest BCUT2D eigenvalue weighted by atomic mass is 19.4. The van der Waals surface area contributed by atoms with Gasteiger partial charge in [-0.15, -0.1) is 0 Å². The average molecular weight is 401 g/mol. The summed E-state index contributed by atoms with van der Waals surface area (Å²) in [5.74, 6) is -2.06. The minimum Gasteiger partial charge on any atom is -0.481 e. The van der Waals surface area contributed by atoms with Crippen LogP contribution in [0, 0.1) is 11.7 Å². The standard InChI is InChI=1S/C19H23F4N3O2/c1-28-18-12(10-25-17(27)15-3-2-8-24-15)9-14(20)16(26-18)11-4-6-13(7-5-11)19(21,22)23/h4,9,13,15,24H,2-3,5-8,10H2,1H3,(H,25,27)/t13?,15-/m0/s1. The Balaban J connectivity index is 1.73. The molecule has 0 bridgehead atoms. The Hall–Kier alpha value is -2.16. The highest BCUT2D eigenvalue weighted by molar-refractivity contribution is 5.82. The maximum Gasteiger partial charge on any atom is 0.392 e. The number of rotatable bonds is 5. The lowest BCUT2D eigenvalue weighted by Gasteiger charge is -2.24. The molecule has 154 valence electrons. The van der Waals surface area contributed by atoms with E-state index in [2.05, 4.69) is 15.6 Å². The third kappa shape index (κ3) is 4.63. The lowest BCUT2D eigenvalue weighted by Crippen LogP contribution is -2.40. The molecule has 1 aliphatic heterocycles. The first-order valence-electron chi connectivity index (χ1n) is 9.30. The van der Waals surface area contributed by atoms with Crippen LogP contribution in [0.25, 0.3) is 5.57 Å². The predicted molar refractivity (Wildman–Crippen MR) is 95.0 cm³/mol. The molecule has 2 N–H and O–H groups in total. The number of nitrogens with zero attached hydrogens (tertiary/aromatic N) is 1. The summed E-state index contributed by atoms with van der Waals surface area (Å²) in [5, 5.41) is 5.81. The molecule has 1 aromatic rings. The second-order valence-electron chi connectivity index (χ2n) is 7.10. The Labute approximate surface area is 160 Å². The van der Waals surface area contributed by atoms with Crippen molar-refractivity contribution in [1.29, 1.82) is 0 Å². The quantitative estimate of drug-likeness (QED) is 0.743. The zero-order valence-corrected chi connectivity index (χ0v) is 15.5. The van der Waals surface area contributed by atoms with Gasteiger partial charge < -0.3 is 15.4 Å². The van der Waals surface area contributed by atoms with E-state index >= 15 is 0 Å². The van der Waals surface area contributed by atoms with Crippen LogP contribution in [0.5, 0.6) is 5.88 Å². The average Bonchev–Trinajstić information content (AvgIpc) is 3.20. The summed E-state index contributed by atoms with van der Waals surface area (Å²) in [6, 6.07) is 0.970. The highest BCUT2D eigenvalue weighted by Gasteiger charge is 2.40. The Morgan fingerprint density at radius 3 is 2.75 bits per heavy atom. The fourth-order valence-electron chi connectivity index (χ4n) is 3.60. The number of aromatic nitrogens is 1. The van der Waals surface area contributed by atoms with E-state index in [-0.39, 0.29) is 49.3 Å². The summed E-state index contributed by atoms with van der Waals surface area (Å²) in [6.45, 7) is 0.843. The summed E-state index contributed by atoms with van der Waals surface area (Å²) in [4.78, 5) is 16.3. The lowest BCUT2D eigenvalue weighted by atomic mass is 9.87. The van der Waals surface area contributed by atoms with Crippen LogP contribution >= 0.6 is 0 Å². The number of pyridine rings is 1. The maximum atomic E-state index is 14.6. The number of ether oxygens (including phenoxy) is 1. The van der Waals surface area contributed by atoms with Crippen molar-refractivity contribution in [2.45, 2.75) is 50.9 Å². The fourth-order valence-corrected chi connectivity index (χ4v) is 3.60. The van der Waals surface area contributed by atoms with Gasteiger partial charge in [0, 0.05) is 12.1 Å². The molecular weight excluding hydrogens is 378 g/mol. The van der Waals surface area contributed by atoms with Gasteiger partial charge >= 0.3 is 6.18 Å². The Morgan fingerprint density at radius 2 is 2.18 bits per heavy atom. The molecule has 0 radical (unpaired) electrons. The normalized spacial score (nSPS) is 22.7. The molecule has 0 saturated carbocycles. The van der Waals surface area contributed by atoms with E-state index in [0.717, 1.165) is 19.4 Å². The minimum absolute atomic E-state index is 0.00464. The number of alkyl halides is 3. The zero-order valence-electron chi connectivity index (χ0n) is 15.5. The molecule has 1 amide bonds. The Morgan fingerprint density at radius 1 is 1.39 bits per heavy atom. The Bertz CT molecular complexity index is 758. The summed E-state index contributed by atoms with van der Waals surface area (Å²) in [7, 11) is 1.38. The van der Waals surface area contributed by atoms with Crippen LogP contribution in [-0.2, 0) is 11.3 Å². The molecule has 1 aromatic heterocycles. The van der Waals surface area contributed by atoms with E-state index in [1.807, 2.05) is 0 Å². The predicted octanol–water partition coefficient (Wildman–Crippen LogP) is 3.34. The molecule has 2 heterocycles. The number of carbonyl (C=O) groups is 1. The Kier molecular flexibility index (Phi) is 6.22. The van der Waals surface area contributed by atoms with E-state index in [4.69, 9.17) is 4.74 Å². The number of carbonyl (C=O) groups excluding carboxylic acids is 1. The van der Waals surface area contributed by atoms with Gasteiger partial charge in [0.05, 0.1) is 19.1 Å². The first kappa shape index (κ1) is 20.6. The van der Waals surface area contributed by atoms with Crippen molar-refractivity contribution in [1.82, 2.24) is 15.6 Å². The van der Waals surface area contributed by atoms with Gasteiger partial charge in [-0.25, -0.2) is 9.37 Å². The van der Waals surface area contributed by atoms with Crippen molar-refractivity contribution in [3.63, 3.8) is 0 Å². The van der Waals surface area contributed by atoms with Crippen molar-refractivity contribution in [2.24, 2.45) is 5.92 Å². The van der Waals surface area contributed by atoms with Crippen molar-refractivity contribution < 1.29 is 27.1 Å². The van der Waals surface area contributed by atoms with Crippen molar-refractivity contribution >= 4 is 11.5 Å². The van der Waals surface area contributed by atoms with Gasteiger partial charge in [0.1, 0.15) is 11.5 Å². The smallest absolute Gasteiger partial charge is 0.392 e. The maximum absolute atomic E-state index is 14.6. The molecule has 9 heteroatoms. The third-order valence-corrected chi connectivity index (χ3v) is 5.22. The fraction of sp³-hybridized carbons (Fsp3) is 0.579. The van der Waals surface area contributed by atoms with Crippen molar-refractivity contribution in [3.05, 3.63) is 29.2 Å². The number of methoxy groups -OCH3 is 1. The first-order valence-corrected chi connectivity index (χ1v) is 9.30. The molecule has 1 aliphatic carbocycles. The number of hydrogen-bond acceptors (Lipinski definition) is 4. The largest absolute Gasteiger partial charge is 0.481 e. The van der Waals surface area contributed by atoms with Crippen molar-refractivity contribution in [3.8, 4) is 5.88 Å². The van der Waals surface area contributed by atoms with Crippen molar-refractivity contribution in [2.75, 3.05) is 13.7 Å². The molecule has 1 fully saturated rings. The summed E-state index contributed by atoms with van der Waals surface area (Å²) in [6.07, 6.45) is -1.35. The van der Waals surface area contributed by atoms with Crippen LogP contribution in [-0.4, -0.2) is 36.8 Å². The summed E-state index contributed by atoms with van der Waals surface area (Å²) >= 11 is 0. The lowest BCUT2D eigenvalue weighted by molar-refractivity contribution is -0.175. The van der Waals surface area contributed by atoms with Gasteiger partial charge in [-0.2, -0.15) is 13.2 Å². The van der Waals surface area contributed by atoms with E-state index in [1.165, 1.54) is 19.3 Å². The zero-order chi connectivity index (χ0) is 20.3. The number of hydrogen-bond donors (Lipinski definition) is 2. The van der Waals surface area contributed by atoms with E-state index in [0.29, 0.717) is 11.1 Å². The molecule has 0 spiro atoms. The second kappa shape index (κ2) is 8.46. The van der Waals surface area contributed by atoms with Gasteiger partial charge in [-0.1, -0.05) is 6.08 Å². The van der Waals surface area contributed by atoms with Crippen LogP contribution in [0.3, 0.4) is 0 Å². The van der Waals surface area contributed by atoms with Crippen LogP contribution in [0.2, 0.25) is 0 Å². The van der Waals surface area contributed by atoms with Crippen LogP contribution < -0.4 is 15.4 Å². The van der Waals surface area contributed by atoms with Gasteiger partial charge in [-0.05, 0) is 50.3 Å². The van der Waals surface area contributed by atoms with Gasteiger partial charge in [0.25, 0.3) is 0 Å². The van der Waals surface area contributed by atoms with Crippen LogP contribution in [0.4, 0.5) is 17.6 Å². The van der Waals surface area contributed by atoms with Crippen LogP contribution in [0.15, 0.2) is 12.1 Å². The van der Waals surface area contributed by atoms with Gasteiger partial charge in [0.15, 0.2) is 0 Å². The molecule has 1 saturated heterocycles. The molecule has 5 nitrogen and oxygen atoms in total. The SMILES string of the molecule is COc1nc(C2=CCC(C(F)(F)F)CC2)c(F)cc1CNC(=O)[C@@H]1CCCN1. The number of halogens is 4. The molecule has 2 atom stereocenters. The van der Waals surface area contributed by atoms with Gasteiger partial charge in [0.2, 0.25) is 11.8 Å². The van der Waals surface area contributed by atoms with Crippen LogP contribution in [0.1, 0.15) is 43.4 Å². The molecule has 2 aliphatic rings. The minimum atomic E-state index is -4.25. The topological polar surface area (TPSA) is 63.2 Å². The second-order valence-corrected chi connectivity index (χ2v) is 7.10. The van der Waals surface area contributed by atoms with Gasteiger partial charge in [-0.3, -0.25) is 4.79 Å². The molecule has 3 rings (SSSR count). The number of nitrogens with one attached hydrogen (secondary N) is 2. The number of allylic oxidation sites excluding steroid dienone is 2. The molecule has 1 unspecified atom stereocenters. The van der Waals surface area contributed by atoms with E-state index in [1.54, 1.807) is 0 Å². The highest BCUT2D eigenvalue weighted by Crippen LogP contribution is 2.39. The molecular formula is C19H23F4N3O2. The summed E-state index contributed by atoms with van der Waals surface area (Å²) in [5.41, 5.74) is 0.826. The first-order chi connectivity index (χ1) is 13.3. The number of amides is 1. The summed E-state index contributed by atoms with van der Waals surface area (Å²) < 4.78 is 58.2. The van der Waals surface area contributed by atoms with E-state index in [9.17, 15) is 22.4 Å². The third-order valence-electron chi connectivity index (χ3n) is 5.22. The monoisotopic (exact) mass is 401 g/mol.